The second-order valence-corrected chi connectivity index (χ2v) is 4.97. The van der Waals surface area contributed by atoms with E-state index >= 15 is 0 Å². The molecule has 0 bridgehead atoms. The third-order valence-electron chi connectivity index (χ3n) is 2.70. The number of imide groups is 1. The Morgan fingerprint density at radius 3 is 2.48 bits per heavy atom. The van der Waals surface area contributed by atoms with E-state index < -0.39 is 12.0 Å². The van der Waals surface area contributed by atoms with E-state index in [-0.39, 0.29) is 6.73 Å². The van der Waals surface area contributed by atoms with Gasteiger partial charge in [-0.25, -0.2) is 9.69 Å². The van der Waals surface area contributed by atoms with E-state index in [1.807, 2.05) is 13.8 Å². The quantitative estimate of drug-likeness (QED) is 0.511. The van der Waals surface area contributed by atoms with Crippen LogP contribution in [0.4, 0.5) is 4.79 Å². The van der Waals surface area contributed by atoms with Crippen molar-refractivity contribution in [3.05, 3.63) is 41.8 Å². The van der Waals surface area contributed by atoms with E-state index in [0.29, 0.717) is 17.0 Å². The molecule has 0 saturated carbocycles. The molecule has 0 heterocycles. The number of benzene rings is 1. The molecular weight excluding hydrogens is 268 g/mol. The summed E-state index contributed by atoms with van der Waals surface area (Å²) in [5, 5.41) is 2.95. The molecule has 0 spiro atoms. The van der Waals surface area contributed by atoms with Gasteiger partial charge in [0.15, 0.2) is 0 Å². The monoisotopic (exact) mass is 287 g/mol. The average molecular weight is 287 g/mol. The lowest BCUT2D eigenvalue weighted by Gasteiger charge is -2.16. The molecule has 1 N–H and O–H groups in total. The average Bonchev–Trinajstić information content (AvgIpc) is 2.49. The van der Waals surface area contributed by atoms with Crippen LogP contribution < -0.4 is 5.32 Å². The number of ether oxygens (including phenoxy) is 1. The highest BCUT2D eigenvalue weighted by Crippen LogP contribution is 2.07. The number of rotatable bonds is 5. The van der Waals surface area contributed by atoms with Gasteiger partial charge >= 0.3 is 6.09 Å². The molecule has 5 nitrogen and oxygen atoms in total. The molecular formula is C16H19N2O3. The number of amides is 2. The summed E-state index contributed by atoms with van der Waals surface area (Å²) >= 11 is 0. The van der Waals surface area contributed by atoms with Crippen LogP contribution in [-0.2, 0) is 4.74 Å². The summed E-state index contributed by atoms with van der Waals surface area (Å²) in [7, 11) is 1.36. The minimum Gasteiger partial charge on any atom is -0.433 e. The Labute approximate surface area is 125 Å². The number of nitrogens with zero attached hydrogens (tertiary/aromatic N) is 1. The normalized spacial score (nSPS) is 10.0. The standard InChI is InChI=1S/C16H19N2O3/c1-5-13-6-8-14(9-7-13)15(19)18(4)16(20)21-11-17-10-12(2)3/h6-9,12,17H,10-11H2,2-4H3. The maximum Gasteiger partial charge on any atom is 0.417 e. The molecule has 21 heavy (non-hydrogen) atoms. The Bertz CT molecular complexity index is 529. The first kappa shape index (κ1) is 16.7. The molecule has 0 aromatic heterocycles. The highest BCUT2D eigenvalue weighted by Gasteiger charge is 2.19. The van der Waals surface area contributed by atoms with Crippen LogP contribution in [0.15, 0.2) is 24.3 Å². The van der Waals surface area contributed by atoms with Gasteiger partial charge in [0.05, 0.1) is 0 Å². The second kappa shape index (κ2) is 8.08. The van der Waals surface area contributed by atoms with Crippen molar-refractivity contribution in [2.24, 2.45) is 5.92 Å². The minimum atomic E-state index is -0.709. The number of hydrogen-bond donors (Lipinski definition) is 1. The number of nitrogens with one attached hydrogen (secondary N) is 1. The SMILES string of the molecule is [C]#Cc1ccc(C(=O)N(C)C(=O)OCNCC(C)C)cc1. The van der Waals surface area contributed by atoms with Crippen LogP contribution in [0.1, 0.15) is 29.8 Å². The molecule has 0 aliphatic rings. The van der Waals surface area contributed by atoms with Crippen LogP contribution in [0.2, 0.25) is 0 Å². The Morgan fingerprint density at radius 1 is 1.33 bits per heavy atom. The molecule has 0 fully saturated rings. The number of carbonyl (C=O) groups is 2. The first-order chi connectivity index (χ1) is 9.95. The van der Waals surface area contributed by atoms with Gasteiger partial charge in [-0.1, -0.05) is 19.8 Å². The van der Waals surface area contributed by atoms with Crippen molar-refractivity contribution in [2.75, 3.05) is 20.3 Å². The van der Waals surface area contributed by atoms with Crippen molar-refractivity contribution in [1.29, 1.82) is 0 Å². The Hall–Kier alpha value is -2.32. The third-order valence-corrected chi connectivity index (χ3v) is 2.70. The first-order valence-corrected chi connectivity index (χ1v) is 6.64. The smallest absolute Gasteiger partial charge is 0.417 e. The zero-order chi connectivity index (χ0) is 15.8. The fourth-order valence-electron chi connectivity index (χ4n) is 1.53. The summed E-state index contributed by atoms with van der Waals surface area (Å²) in [6.07, 6.45) is 6.26. The highest BCUT2D eigenvalue weighted by molar-refractivity contribution is 6.02. The van der Waals surface area contributed by atoms with Crippen LogP contribution in [0.3, 0.4) is 0 Å². The van der Waals surface area contributed by atoms with Crippen LogP contribution in [-0.4, -0.2) is 37.2 Å². The molecule has 0 aliphatic carbocycles. The largest absolute Gasteiger partial charge is 0.433 e. The van der Waals surface area contributed by atoms with E-state index in [2.05, 4.69) is 11.2 Å². The lowest BCUT2D eigenvalue weighted by molar-refractivity contribution is 0.0688. The van der Waals surface area contributed by atoms with Gasteiger partial charge in [0.2, 0.25) is 0 Å². The summed E-state index contributed by atoms with van der Waals surface area (Å²) in [4.78, 5) is 24.7. The fourth-order valence-corrected chi connectivity index (χ4v) is 1.53. The van der Waals surface area contributed by atoms with Crippen molar-refractivity contribution in [3.63, 3.8) is 0 Å². The van der Waals surface area contributed by atoms with Crippen LogP contribution >= 0.6 is 0 Å². The van der Waals surface area contributed by atoms with E-state index in [1.165, 1.54) is 7.05 Å². The maximum absolute atomic E-state index is 12.1. The zero-order valence-corrected chi connectivity index (χ0v) is 12.5. The predicted octanol–water partition coefficient (Wildman–Crippen LogP) is 2.04. The Kier molecular flexibility index (Phi) is 6.44. The van der Waals surface area contributed by atoms with Crippen LogP contribution in [0.25, 0.3) is 0 Å². The zero-order valence-electron chi connectivity index (χ0n) is 12.5. The topological polar surface area (TPSA) is 58.6 Å². The van der Waals surface area contributed by atoms with Gasteiger partial charge in [0, 0.05) is 24.7 Å². The molecule has 2 amide bonds. The summed E-state index contributed by atoms with van der Waals surface area (Å²) in [6, 6.07) is 6.26. The molecule has 1 rings (SSSR count). The fraction of sp³-hybridized carbons (Fsp3) is 0.375. The predicted molar refractivity (Wildman–Crippen MR) is 79.0 cm³/mol. The number of carbonyl (C=O) groups excluding carboxylic acids is 2. The van der Waals surface area contributed by atoms with Gasteiger partial charge in [0.1, 0.15) is 6.73 Å². The van der Waals surface area contributed by atoms with Crippen LogP contribution in [0.5, 0.6) is 0 Å². The summed E-state index contributed by atoms with van der Waals surface area (Å²) in [6.45, 7) is 4.88. The van der Waals surface area contributed by atoms with Crippen molar-refractivity contribution < 1.29 is 14.3 Å². The second-order valence-electron chi connectivity index (χ2n) is 4.97. The Morgan fingerprint density at radius 2 is 1.95 bits per heavy atom. The van der Waals surface area contributed by atoms with Gasteiger partial charge in [-0.15, -0.1) is 0 Å². The lowest BCUT2D eigenvalue weighted by atomic mass is 10.1. The molecule has 0 atom stereocenters. The highest BCUT2D eigenvalue weighted by atomic mass is 16.6. The molecule has 0 unspecified atom stereocenters. The van der Waals surface area contributed by atoms with Crippen molar-refractivity contribution in [1.82, 2.24) is 10.2 Å². The maximum atomic E-state index is 12.1. The van der Waals surface area contributed by atoms with Crippen LogP contribution in [0, 0.1) is 18.3 Å². The third kappa shape index (κ3) is 5.28. The van der Waals surface area contributed by atoms with Gasteiger partial charge in [-0.3, -0.25) is 10.1 Å². The lowest BCUT2D eigenvalue weighted by Crippen LogP contribution is -2.36. The Balaban J connectivity index is 2.52. The van der Waals surface area contributed by atoms with E-state index in [4.69, 9.17) is 11.2 Å². The number of hydrogen-bond acceptors (Lipinski definition) is 4. The molecule has 111 valence electrons. The summed E-state index contributed by atoms with van der Waals surface area (Å²) in [5.41, 5.74) is 0.915. The molecule has 5 heteroatoms. The van der Waals surface area contributed by atoms with Crippen molar-refractivity contribution in [3.8, 4) is 5.92 Å². The van der Waals surface area contributed by atoms with E-state index in [0.717, 1.165) is 11.4 Å². The van der Waals surface area contributed by atoms with Gasteiger partial charge < -0.3 is 4.74 Å². The van der Waals surface area contributed by atoms with Gasteiger partial charge in [-0.05, 0) is 36.6 Å². The van der Waals surface area contributed by atoms with E-state index in [1.54, 1.807) is 24.3 Å². The van der Waals surface area contributed by atoms with Crippen molar-refractivity contribution >= 4 is 12.0 Å². The first-order valence-electron chi connectivity index (χ1n) is 6.64. The van der Waals surface area contributed by atoms with Crippen molar-refractivity contribution in [2.45, 2.75) is 13.8 Å². The molecule has 1 radical (unpaired) electrons. The van der Waals surface area contributed by atoms with E-state index in [9.17, 15) is 9.59 Å². The molecule has 0 aliphatic heterocycles. The van der Waals surface area contributed by atoms with Gasteiger partial charge in [-0.2, -0.15) is 0 Å². The summed E-state index contributed by atoms with van der Waals surface area (Å²) in [5.74, 6) is 2.21. The van der Waals surface area contributed by atoms with Gasteiger partial charge in [0.25, 0.3) is 5.91 Å². The molecule has 0 saturated heterocycles. The minimum absolute atomic E-state index is 0.0658. The summed E-state index contributed by atoms with van der Waals surface area (Å²) < 4.78 is 4.95. The molecule has 1 aromatic rings. The molecule has 1 aromatic carbocycles.